The van der Waals surface area contributed by atoms with Crippen LogP contribution in [0.15, 0.2) is 18.3 Å². The van der Waals surface area contributed by atoms with Crippen molar-refractivity contribution in [3.63, 3.8) is 0 Å². The van der Waals surface area contributed by atoms with E-state index in [2.05, 4.69) is 11.9 Å². The molecule has 5 nitrogen and oxygen atoms in total. The molecule has 0 bridgehead atoms. The average molecular weight is 392 g/mol. The van der Waals surface area contributed by atoms with Gasteiger partial charge >= 0.3 is 11.9 Å². The van der Waals surface area contributed by atoms with Gasteiger partial charge in [-0.2, -0.15) is 0 Å². The number of hydrogen-bond acceptors (Lipinski definition) is 4. The molecule has 0 aromatic carbocycles. The molecule has 0 amide bonds. The fourth-order valence-electron chi connectivity index (χ4n) is 3.27. The number of esters is 1. The molecule has 0 saturated carbocycles. The highest BCUT2D eigenvalue weighted by Crippen LogP contribution is 2.13. The average Bonchev–Trinajstić information content (AvgIpc) is 2.70. The fraction of sp³-hybridized carbons (Fsp3) is 0.696. The van der Waals surface area contributed by atoms with E-state index in [0.29, 0.717) is 6.61 Å². The highest BCUT2D eigenvalue weighted by atomic mass is 16.5. The van der Waals surface area contributed by atoms with Gasteiger partial charge < -0.3 is 9.84 Å². The van der Waals surface area contributed by atoms with Crippen molar-refractivity contribution in [2.75, 3.05) is 6.61 Å². The molecular formula is C23H37NO4. The lowest BCUT2D eigenvalue weighted by Crippen LogP contribution is -2.14. The highest BCUT2D eigenvalue weighted by Gasteiger charge is 2.18. The maximum absolute atomic E-state index is 12.0. The summed E-state index contributed by atoms with van der Waals surface area (Å²) in [4.78, 5) is 26.9. The maximum Gasteiger partial charge on any atom is 0.357 e. The third kappa shape index (κ3) is 11.1. The Bertz CT molecular complexity index is 559. The number of hydrogen-bond donors (Lipinski definition) is 1. The van der Waals surface area contributed by atoms with Crippen molar-refractivity contribution >= 4 is 11.9 Å². The number of aromatic nitrogens is 1. The van der Waals surface area contributed by atoms with E-state index in [1.807, 2.05) is 0 Å². The summed E-state index contributed by atoms with van der Waals surface area (Å²) in [6.45, 7) is 2.57. The Hall–Kier alpha value is -1.91. The van der Waals surface area contributed by atoms with Gasteiger partial charge in [-0.15, -0.1) is 0 Å². The van der Waals surface area contributed by atoms with Crippen LogP contribution in [0, 0.1) is 0 Å². The minimum Gasteiger partial charge on any atom is -0.478 e. The number of aromatic carboxylic acids is 1. The Kier molecular flexibility index (Phi) is 13.9. The number of carboxylic acids is 1. The fourth-order valence-corrected chi connectivity index (χ4v) is 3.27. The molecule has 0 spiro atoms. The van der Waals surface area contributed by atoms with Gasteiger partial charge in [0.2, 0.25) is 0 Å². The zero-order valence-electron chi connectivity index (χ0n) is 17.5. The van der Waals surface area contributed by atoms with Gasteiger partial charge in [-0.1, -0.05) is 90.4 Å². The van der Waals surface area contributed by atoms with Crippen LogP contribution in [0.1, 0.15) is 118 Å². The first-order valence-corrected chi connectivity index (χ1v) is 11.0. The second-order valence-corrected chi connectivity index (χ2v) is 7.44. The van der Waals surface area contributed by atoms with Gasteiger partial charge in [0.25, 0.3) is 0 Å². The molecule has 5 heteroatoms. The number of nitrogens with zero attached hydrogens (tertiary/aromatic N) is 1. The summed E-state index contributed by atoms with van der Waals surface area (Å²) in [5.41, 5.74) is -0.242. The molecule has 0 radical (unpaired) electrons. The summed E-state index contributed by atoms with van der Waals surface area (Å²) in [6.07, 6.45) is 19.2. The Balaban J connectivity index is 1.94. The molecule has 0 aliphatic heterocycles. The van der Waals surface area contributed by atoms with Crippen molar-refractivity contribution in [1.29, 1.82) is 0 Å². The lowest BCUT2D eigenvalue weighted by molar-refractivity contribution is 0.0480. The number of pyridine rings is 1. The van der Waals surface area contributed by atoms with Crippen molar-refractivity contribution in [2.45, 2.75) is 96.8 Å². The van der Waals surface area contributed by atoms with Crippen LogP contribution >= 0.6 is 0 Å². The third-order valence-electron chi connectivity index (χ3n) is 4.96. The smallest absolute Gasteiger partial charge is 0.357 e. The van der Waals surface area contributed by atoms with Crippen LogP contribution < -0.4 is 0 Å². The number of rotatable bonds is 17. The molecule has 28 heavy (non-hydrogen) atoms. The summed E-state index contributed by atoms with van der Waals surface area (Å²) in [6, 6.07) is 2.85. The molecule has 0 atom stereocenters. The van der Waals surface area contributed by atoms with Crippen molar-refractivity contribution < 1.29 is 19.4 Å². The lowest BCUT2D eigenvalue weighted by atomic mass is 10.0. The van der Waals surface area contributed by atoms with Gasteiger partial charge in [0.15, 0.2) is 5.69 Å². The van der Waals surface area contributed by atoms with Crippen LogP contribution in [-0.4, -0.2) is 28.6 Å². The van der Waals surface area contributed by atoms with Crippen LogP contribution in [0.5, 0.6) is 0 Å². The summed E-state index contributed by atoms with van der Waals surface area (Å²) in [5.74, 6) is -1.83. The Morgan fingerprint density at radius 2 is 1.36 bits per heavy atom. The van der Waals surface area contributed by atoms with E-state index in [0.717, 1.165) is 19.3 Å². The zero-order chi connectivity index (χ0) is 20.5. The Morgan fingerprint density at radius 1 is 0.857 bits per heavy atom. The second-order valence-electron chi connectivity index (χ2n) is 7.44. The first-order chi connectivity index (χ1) is 13.7. The topological polar surface area (TPSA) is 76.5 Å². The van der Waals surface area contributed by atoms with Gasteiger partial charge in [-0.05, 0) is 18.6 Å². The van der Waals surface area contributed by atoms with Gasteiger partial charge in [0, 0.05) is 6.20 Å². The maximum atomic E-state index is 12.0. The normalized spacial score (nSPS) is 10.8. The van der Waals surface area contributed by atoms with Gasteiger partial charge in [0.05, 0.1) is 12.2 Å². The number of unbranched alkanes of at least 4 members (excludes halogenated alkanes) is 13. The highest BCUT2D eigenvalue weighted by molar-refractivity contribution is 6.00. The van der Waals surface area contributed by atoms with Crippen LogP contribution in [-0.2, 0) is 4.74 Å². The molecule has 1 aromatic heterocycles. The van der Waals surface area contributed by atoms with E-state index in [4.69, 9.17) is 9.84 Å². The molecule has 0 aliphatic rings. The minimum atomic E-state index is -1.17. The number of carboxylic acid groups (broad SMARTS) is 1. The standard InChI is InChI=1S/C23H37NO4/c1-2-3-4-5-6-7-8-9-10-11-12-13-14-15-19-28-23(27)21-20(22(25)26)17-16-18-24-21/h16-18H,2-15,19H2,1H3,(H,25,26). The zero-order valence-corrected chi connectivity index (χ0v) is 17.5. The van der Waals surface area contributed by atoms with E-state index in [1.165, 1.54) is 89.0 Å². The Morgan fingerprint density at radius 3 is 1.86 bits per heavy atom. The van der Waals surface area contributed by atoms with Gasteiger partial charge in [-0.25, -0.2) is 14.6 Å². The SMILES string of the molecule is CCCCCCCCCCCCCCCCOC(=O)c1ncccc1C(=O)O. The first-order valence-electron chi connectivity index (χ1n) is 11.0. The van der Waals surface area contributed by atoms with Crippen LogP contribution in [0.2, 0.25) is 0 Å². The molecule has 0 saturated heterocycles. The number of carbonyl (C=O) groups is 2. The van der Waals surface area contributed by atoms with Crippen molar-refractivity contribution in [3.05, 3.63) is 29.6 Å². The molecule has 1 heterocycles. The van der Waals surface area contributed by atoms with Crippen molar-refractivity contribution in [1.82, 2.24) is 4.98 Å². The van der Waals surface area contributed by atoms with Gasteiger partial charge in [0.1, 0.15) is 0 Å². The first kappa shape index (κ1) is 24.1. The van der Waals surface area contributed by atoms with E-state index >= 15 is 0 Å². The molecule has 0 aliphatic carbocycles. The molecular weight excluding hydrogens is 354 g/mol. The second kappa shape index (κ2) is 16.1. The van der Waals surface area contributed by atoms with Gasteiger partial charge in [-0.3, -0.25) is 0 Å². The summed E-state index contributed by atoms with van der Waals surface area (Å²) in [7, 11) is 0. The van der Waals surface area contributed by atoms with E-state index in [1.54, 1.807) is 0 Å². The monoisotopic (exact) mass is 391 g/mol. The molecule has 1 aromatic rings. The molecule has 0 unspecified atom stereocenters. The predicted octanol–water partition coefficient (Wildman–Crippen LogP) is 6.42. The molecule has 0 fully saturated rings. The minimum absolute atomic E-state index is 0.117. The van der Waals surface area contributed by atoms with Crippen LogP contribution in [0.3, 0.4) is 0 Å². The molecule has 158 valence electrons. The molecule has 1 rings (SSSR count). The number of ether oxygens (including phenoxy) is 1. The van der Waals surface area contributed by atoms with E-state index in [9.17, 15) is 9.59 Å². The summed E-state index contributed by atoms with van der Waals surface area (Å²) >= 11 is 0. The van der Waals surface area contributed by atoms with Crippen LogP contribution in [0.4, 0.5) is 0 Å². The largest absolute Gasteiger partial charge is 0.478 e. The lowest BCUT2D eigenvalue weighted by Gasteiger charge is -2.06. The van der Waals surface area contributed by atoms with Crippen molar-refractivity contribution in [3.8, 4) is 0 Å². The number of carbonyl (C=O) groups excluding carboxylic acids is 1. The van der Waals surface area contributed by atoms with Crippen molar-refractivity contribution in [2.24, 2.45) is 0 Å². The van der Waals surface area contributed by atoms with Crippen LogP contribution in [0.25, 0.3) is 0 Å². The molecule has 1 N–H and O–H groups in total. The quantitative estimate of drug-likeness (QED) is 0.245. The summed E-state index contributed by atoms with van der Waals surface area (Å²) in [5, 5.41) is 9.07. The third-order valence-corrected chi connectivity index (χ3v) is 4.96. The Labute approximate surface area is 169 Å². The van der Waals surface area contributed by atoms with E-state index < -0.39 is 11.9 Å². The summed E-state index contributed by atoms with van der Waals surface area (Å²) < 4.78 is 5.16. The van der Waals surface area contributed by atoms with E-state index in [-0.39, 0.29) is 11.3 Å². The predicted molar refractivity (Wildman–Crippen MR) is 112 cm³/mol.